The Labute approximate surface area is 149 Å². The molecule has 1 unspecified atom stereocenters. The van der Waals surface area contributed by atoms with Crippen LogP contribution in [-0.4, -0.2) is 25.9 Å². The first kappa shape index (κ1) is 18.8. The van der Waals surface area contributed by atoms with Gasteiger partial charge in [0.15, 0.2) is 0 Å². The summed E-state index contributed by atoms with van der Waals surface area (Å²) in [6.07, 6.45) is 0.114. The number of benzene rings is 2. The highest BCUT2D eigenvalue weighted by molar-refractivity contribution is 5.89. The molecule has 2 N–H and O–H groups in total. The Balaban J connectivity index is 2.04. The summed E-state index contributed by atoms with van der Waals surface area (Å²) in [6, 6.07) is 16.8. The highest BCUT2D eigenvalue weighted by atomic mass is 16.5. The van der Waals surface area contributed by atoms with Gasteiger partial charge in [0.1, 0.15) is 5.75 Å². The van der Waals surface area contributed by atoms with Crippen LogP contribution < -0.4 is 15.4 Å². The number of urea groups is 1. The lowest BCUT2D eigenvalue weighted by atomic mass is 9.93. The highest BCUT2D eigenvalue weighted by Crippen LogP contribution is 2.22. The quantitative estimate of drug-likeness (QED) is 0.794. The largest absolute Gasteiger partial charge is 0.491 e. The second kappa shape index (κ2) is 8.53. The van der Waals surface area contributed by atoms with E-state index in [2.05, 4.69) is 10.6 Å². The van der Waals surface area contributed by atoms with Gasteiger partial charge >= 0.3 is 6.03 Å². The number of rotatable bonds is 7. The highest BCUT2D eigenvalue weighted by Gasteiger charge is 2.28. The Bertz CT molecular complexity index is 671. The van der Waals surface area contributed by atoms with Crippen molar-refractivity contribution in [1.29, 1.82) is 0 Å². The molecule has 0 saturated carbocycles. The lowest BCUT2D eigenvalue weighted by Gasteiger charge is -2.30. The van der Waals surface area contributed by atoms with Gasteiger partial charge in [-0.05, 0) is 50.6 Å². The number of ether oxygens (including phenoxy) is 2. The molecule has 0 aliphatic heterocycles. The number of amides is 2. The molecule has 0 fully saturated rings. The van der Waals surface area contributed by atoms with E-state index in [1.54, 1.807) is 7.11 Å². The molecular formula is C20H26N2O3. The van der Waals surface area contributed by atoms with Gasteiger partial charge in [0.05, 0.1) is 18.2 Å². The van der Waals surface area contributed by atoms with E-state index in [4.69, 9.17) is 9.47 Å². The van der Waals surface area contributed by atoms with E-state index in [9.17, 15) is 4.79 Å². The van der Waals surface area contributed by atoms with E-state index in [1.165, 1.54) is 0 Å². The molecule has 0 bridgehead atoms. The van der Waals surface area contributed by atoms with E-state index < -0.39 is 5.54 Å². The summed E-state index contributed by atoms with van der Waals surface area (Å²) in [7, 11) is 1.62. The summed E-state index contributed by atoms with van der Waals surface area (Å²) >= 11 is 0. The first-order chi connectivity index (χ1) is 11.9. The van der Waals surface area contributed by atoms with Crippen LogP contribution in [0.4, 0.5) is 10.5 Å². The summed E-state index contributed by atoms with van der Waals surface area (Å²) in [5.74, 6) is 0.773. The van der Waals surface area contributed by atoms with Crippen LogP contribution in [-0.2, 0) is 10.3 Å². The minimum Gasteiger partial charge on any atom is -0.491 e. The number of carbonyl (C=O) groups is 1. The van der Waals surface area contributed by atoms with Crippen LogP contribution in [0.3, 0.4) is 0 Å². The van der Waals surface area contributed by atoms with Gasteiger partial charge < -0.3 is 20.1 Å². The predicted molar refractivity (Wildman–Crippen MR) is 100 cm³/mol. The third kappa shape index (κ3) is 5.50. The number of hydrogen-bond donors (Lipinski definition) is 2. The normalized spacial score (nSPS) is 13.2. The zero-order valence-corrected chi connectivity index (χ0v) is 15.2. The van der Waals surface area contributed by atoms with Crippen molar-refractivity contribution >= 4 is 11.7 Å². The van der Waals surface area contributed by atoms with Crippen molar-refractivity contribution in [2.75, 3.05) is 19.0 Å². The van der Waals surface area contributed by atoms with Crippen LogP contribution in [0.15, 0.2) is 54.6 Å². The molecule has 5 heteroatoms. The fourth-order valence-corrected chi connectivity index (χ4v) is 2.59. The van der Waals surface area contributed by atoms with E-state index in [0.717, 1.165) is 11.3 Å². The number of hydrogen-bond acceptors (Lipinski definition) is 3. The molecule has 2 aromatic carbocycles. The van der Waals surface area contributed by atoms with Gasteiger partial charge in [-0.3, -0.25) is 0 Å². The zero-order valence-electron chi connectivity index (χ0n) is 15.2. The van der Waals surface area contributed by atoms with Crippen molar-refractivity contribution in [1.82, 2.24) is 5.32 Å². The third-order valence-corrected chi connectivity index (χ3v) is 3.72. The van der Waals surface area contributed by atoms with Gasteiger partial charge in [0.2, 0.25) is 0 Å². The lowest BCUT2D eigenvalue weighted by molar-refractivity contribution is 0.123. The SMILES string of the molecule is COCC(C)(NC(=O)Nc1ccc(OC(C)C)cc1)c1ccccc1. The Kier molecular flexibility index (Phi) is 6.42. The molecule has 5 nitrogen and oxygen atoms in total. The zero-order chi connectivity index (χ0) is 18.3. The summed E-state index contributed by atoms with van der Waals surface area (Å²) < 4.78 is 10.9. The number of nitrogens with one attached hydrogen (secondary N) is 2. The van der Waals surface area contributed by atoms with Crippen molar-refractivity contribution in [3.05, 3.63) is 60.2 Å². The van der Waals surface area contributed by atoms with Crippen molar-refractivity contribution in [3.8, 4) is 5.75 Å². The average molecular weight is 342 g/mol. The summed E-state index contributed by atoms with van der Waals surface area (Å²) in [5.41, 5.74) is 1.05. The molecule has 0 aliphatic carbocycles. The number of methoxy groups -OCH3 is 1. The summed E-state index contributed by atoms with van der Waals surface area (Å²) in [6.45, 7) is 6.25. The molecular weight excluding hydrogens is 316 g/mol. The average Bonchev–Trinajstić information content (AvgIpc) is 2.57. The first-order valence-electron chi connectivity index (χ1n) is 8.33. The van der Waals surface area contributed by atoms with Crippen LogP contribution in [0, 0.1) is 0 Å². The van der Waals surface area contributed by atoms with Crippen molar-refractivity contribution in [2.45, 2.75) is 32.4 Å². The summed E-state index contributed by atoms with van der Waals surface area (Å²) in [5, 5.41) is 5.84. The van der Waals surface area contributed by atoms with Gasteiger partial charge in [-0.15, -0.1) is 0 Å². The topological polar surface area (TPSA) is 59.6 Å². The van der Waals surface area contributed by atoms with Gasteiger partial charge in [-0.1, -0.05) is 30.3 Å². The third-order valence-electron chi connectivity index (χ3n) is 3.72. The fraction of sp³-hybridized carbons (Fsp3) is 0.350. The number of anilines is 1. The van der Waals surface area contributed by atoms with Gasteiger partial charge in [-0.25, -0.2) is 4.79 Å². The summed E-state index contributed by atoms with van der Waals surface area (Å²) in [4.78, 5) is 12.4. The molecule has 0 spiro atoms. The Morgan fingerprint density at radius 2 is 1.72 bits per heavy atom. The second-order valence-electron chi connectivity index (χ2n) is 6.40. The van der Waals surface area contributed by atoms with E-state index in [0.29, 0.717) is 12.3 Å². The maximum absolute atomic E-state index is 12.4. The molecule has 0 saturated heterocycles. The Morgan fingerprint density at radius 1 is 1.08 bits per heavy atom. The van der Waals surface area contributed by atoms with Crippen LogP contribution >= 0.6 is 0 Å². The maximum Gasteiger partial charge on any atom is 0.320 e. The fourth-order valence-electron chi connectivity index (χ4n) is 2.59. The van der Waals surface area contributed by atoms with Crippen molar-refractivity contribution < 1.29 is 14.3 Å². The molecule has 134 valence electrons. The van der Waals surface area contributed by atoms with Gasteiger partial charge in [-0.2, -0.15) is 0 Å². The van der Waals surface area contributed by atoms with Crippen molar-refractivity contribution in [3.63, 3.8) is 0 Å². The Hall–Kier alpha value is -2.53. The molecule has 0 aromatic heterocycles. The van der Waals surface area contributed by atoms with Gasteiger partial charge in [0.25, 0.3) is 0 Å². The van der Waals surface area contributed by atoms with E-state index >= 15 is 0 Å². The molecule has 2 rings (SSSR count). The minimum absolute atomic E-state index is 0.114. The van der Waals surface area contributed by atoms with Crippen LogP contribution in [0.5, 0.6) is 5.75 Å². The maximum atomic E-state index is 12.4. The smallest absolute Gasteiger partial charge is 0.320 e. The van der Waals surface area contributed by atoms with E-state index in [1.807, 2.05) is 75.4 Å². The molecule has 2 amide bonds. The molecule has 1 atom stereocenters. The second-order valence-corrected chi connectivity index (χ2v) is 6.40. The molecule has 0 heterocycles. The predicted octanol–water partition coefficient (Wildman–Crippen LogP) is 4.16. The lowest BCUT2D eigenvalue weighted by Crippen LogP contribution is -2.48. The molecule has 0 aliphatic rings. The molecule has 2 aromatic rings. The Morgan fingerprint density at radius 3 is 2.28 bits per heavy atom. The van der Waals surface area contributed by atoms with E-state index in [-0.39, 0.29) is 12.1 Å². The minimum atomic E-state index is -0.624. The van der Waals surface area contributed by atoms with Crippen LogP contribution in [0.25, 0.3) is 0 Å². The van der Waals surface area contributed by atoms with Gasteiger partial charge in [0, 0.05) is 12.8 Å². The molecule has 0 radical (unpaired) electrons. The van der Waals surface area contributed by atoms with Crippen LogP contribution in [0.2, 0.25) is 0 Å². The first-order valence-corrected chi connectivity index (χ1v) is 8.33. The number of carbonyl (C=O) groups excluding carboxylic acids is 1. The standard InChI is InChI=1S/C20H26N2O3/c1-15(2)25-18-12-10-17(11-13-18)21-19(23)22-20(3,14-24-4)16-8-6-5-7-9-16/h5-13,15H,14H2,1-4H3,(H2,21,22,23). The van der Waals surface area contributed by atoms with Crippen LogP contribution in [0.1, 0.15) is 26.3 Å². The monoisotopic (exact) mass is 342 g/mol. The molecule has 25 heavy (non-hydrogen) atoms. The van der Waals surface area contributed by atoms with Crippen molar-refractivity contribution in [2.24, 2.45) is 0 Å².